The molecule has 4 aliphatic rings. The Morgan fingerprint density at radius 2 is 1.43 bits per heavy atom. The zero-order valence-electron chi connectivity index (χ0n) is 23.5. The number of fused-ring (bicyclic) bond motifs is 5. The summed E-state index contributed by atoms with van der Waals surface area (Å²) in [6, 6.07) is 0. The van der Waals surface area contributed by atoms with Crippen molar-refractivity contribution in [1.29, 1.82) is 0 Å². The molecule has 2 N–H and O–H groups in total. The molecule has 7 heteroatoms. The van der Waals surface area contributed by atoms with Crippen molar-refractivity contribution in [2.24, 2.45) is 46.3 Å². The Morgan fingerprint density at radius 1 is 0.811 bits per heavy atom. The van der Waals surface area contributed by atoms with E-state index in [-0.39, 0.29) is 36.6 Å². The van der Waals surface area contributed by atoms with Gasteiger partial charge in [0.25, 0.3) is 0 Å². The molecule has 0 radical (unpaired) electrons. The normalized spacial score (nSPS) is 39.9. The number of aliphatic hydroxyl groups is 2. The molecule has 4 fully saturated rings. The van der Waals surface area contributed by atoms with E-state index in [1.54, 1.807) is 0 Å². The Hall–Kier alpha value is -0.730. The summed E-state index contributed by atoms with van der Waals surface area (Å²) < 4.78 is 21.7. The monoisotopic (exact) mass is 524 g/mol. The highest BCUT2D eigenvalue weighted by molar-refractivity contribution is 5.72. The number of carbonyl (C=O) groups excluding carboxylic acids is 1. The van der Waals surface area contributed by atoms with Gasteiger partial charge in [0.1, 0.15) is 6.61 Å². The zero-order valence-corrected chi connectivity index (χ0v) is 23.5. The van der Waals surface area contributed by atoms with Crippen molar-refractivity contribution in [3.63, 3.8) is 0 Å². The highest BCUT2D eigenvalue weighted by Gasteiger charge is 2.61. The lowest BCUT2D eigenvalue weighted by Crippen LogP contribution is -2.54. The van der Waals surface area contributed by atoms with Gasteiger partial charge in [-0.15, -0.1) is 0 Å². The quantitative estimate of drug-likeness (QED) is 0.275. The minimum Gasteiger partial charge on any atom is -0.463 e. The van der Waals surface area contributed by atoms with Gasteiger partial charge in [0, 0.05) is 0 Å². The molecule has 0 saturated heterocycles. The summed E-state index contributed by atoms with van der Waals surface area (Å²) in [5.41, 5.74) is 0.622. The Morgan fingerprint density at radius 3 is 2.14 bits per heavy atom. The second-order valence-electron chi connectivity index (χ2n) is 12.8. The maximum atomic E-state index is 13.0. The topological polar surface area (TPSA) is 94.5 Å². The van der Waals surface area contributed by atoms with E-state index < -0.39 is 0 Å². The van der Waals surface area contributed by atoms with Crippen LogP contribution in [0.1, 0.15) is 78.6 Å². The summed E-state index contributed by atoms with van der Waals surface area (Å²) in [4.78, 5) is 13.0. The van der Waals surface area contributed by atoms with Crippen molar-refractivity contribution in [3.05, 3.63) is 0 Å². The first-order valence-electron chi connectivity index (χ1n) is 15.0. The summed E-state index contributed by atoms with van der Waals surface area (Å²) in [6.07, 6.45) is 10.5. The first-order chi connectivity index (χ1) is 17.8. The van der Waals surface area contributed by atoms with Gasteiger partial charge in [0.05, 0.1) is 58.3 Å². The van der Waals surface area contributed by atoms with Crippen molar-refractivity contribution in [1.82, 2.24) is 0 Å². The molecule has 0 spiro atoms. The molecule has 7 nitrogen and oxygen atoms in total. The van der Waals surface area contributed by atoms with E-state index >= 15 is 0 Å². The van der Waals surface area contributed by atoms with Gasteiger partial charge in [0.2, 0.25) is 0 Å². The third kappa shape index (κ3) is 6.37. The lowest BCUT2D eigenvalue weighted by atomic mass is 9.44. The number of ether oxygens (including phenoxy) is 4. The molecule has 0 aromatic rings. The Bertz CT molecular complexity index is 731. The molecule has 4 rings (SSSR count). The van der Waals surface area contributed by atoms with Gasteiger partial charge in [-0.05, 0) is 98.2 Å². The first kappa shape index (κ1) is 29.3. The molecule has 0 unspecified atom stereocenters. The predicted molar refractivity (Wildman–Crippen MR) is 141 cm³/mol. The van der Waals surface area contributed by atoms with Crippen molar-refractivity contribution >= 4 is 5.97 Å². The lowest BCUT2D eigenvalue weighted by molar-refractivity contribution is -0.157. The highest BCUT2D eigenvalue weighted by Crippen LogP contribution is 2.68. The fourth-order valence-corrected chi connectivity index (χ4v) is 9.20. The molecule has 0 heterocycles. The molecular weight excluding hydrogens is 472 g/mol. The van der Waals surface area contributed by atoms with Crippen LogP contribution in [0.25, 0.3) is 0 Å². The predicted octanol–water partition coefficient (Wildman–Crippen LogP) is 4.23. The van der Waals surface area contributed by atoms with Crippen LogP contribution in [-0.2, 0) is 23.7 Å². The molecule has 0 aromatic carbocycles. The fourth-order valence-electron chi connectivity index (χ4n) is 9.20. The maximum absolute atomic E-state index is 13.0. The number of esters is 1. The van der Waals surface area contributed by atoms with Gasteiger partial charge in [0.15, 0.2) is 0 Å². The molecule has 0 bridgehead atoms. The second kappa shape index (κ2) is 13.1. The average Bonchev–Trinajstić information content (AvgIpc) is 3.24. The van der Waals surface area contributed by atoms with Gasteiger partial charge >= 0.3 is 5.97 Å². The van der Waals surface area contributed by atoms with E-state index in [1.807, 2.05) is 0 Å². The standard InChI is InChI=1S/C30H52O7/c1-21(28(33)37-19-18-36-17-16-35-15-14-34-13-12-31)25-6-7-26-24-5-4-22-20-23(32)8-10-29(22,2)27(24)9-11-30(25,26)3/h21-27,31-32H,4-20H2,1-3H3/t21-,22-,23-,24-,25+,26-,27-,29-,30+/m0/s1. The number of hydrogen-bond acceptors (Lipinski definition) is 7. The van der Waals surface area contributed by atoms with Crippen LogP contribution in [0.15, 0.2) is 0 Å². The van der Waals surface area contributed by atoms with Crippen LogP contribution in [0.4, 0.5) is 0 Å². The van der Waals surface area contributed by atoms with Crippen molar-refractivity contribution in [3.8, 4) is 0 Å². The van der Waals surface area contributed by atoms with Gasteiger partial charge in [-0.3, -0.25) is 4.79 Å². The minimum atomic E-state index is -0.0899. The molecular formula is C30H52O7. The van der Waals surface area contributed by atoms with Gasteiger partial charge in [-0.1, -0.05) is 20.8 Å². The number of hydrogen-bond donors (Lipinski definition) is 2. The smallest absolute Gasteiger partial charge is 0.309 e. The maximum Gasteiger partial charge on any atom is 0.309 e. The second-order valence-corrected chi connectivity index (χ2v) is 12.8. The van der Waals surface area contributed by atoms with Gasteiger partial charge < -0.3 is 29.2 Å². The van der Waals surface area contributed by atoms with Crippen molar-refractivity contribution in [2.45, 2.75) is 84.7 Å². The molecule has 37 heavy (non-hydrogen) atoms. The first-order valence-corrected chi connectivity index (χ1v) is 15.0. The van der Waals surface area contributed by atoms with Gasteiger partial charge in [-0.25, -0.2) is 0 Å². The van der Waals surface area contributed by atoms with Crippen molar-refractivity contribution in [2.75, 3.05) is 52.9 Å². The third-order valence-corrected chi connectivity index (χ3v) is 11.1. The average molecular weight is 525 g/mol. The number of rotatable bonds is 13. The summed E-state index contributed by atoms with van der Waals surface area (Å²) in [5, 5.41) is 18.9. The molecule has 0 aromatic heterocycles. The third-order valence-electron chi connectivity index (χ3n) is 11.1. The molecule has 9 atom stereocenters. The van der Waals surface area contributed by atoms with Crippen LogP contribution < -0.4 is 0 Å². The molecule has 4 saturated carbocycles. The van der Waals surface area contributed by atoms with Crippen molar-refractivity contribution < 1.29 is 34.0 Å². The molecule has 4 aliphatic carbocycles. The Balaban J connectivity index is 1.20. The van der Waals surface area contributed by atoms with E-state index in [0.29, 0.717) is 62.8 Å². The van der Waals surface area contributed by atoms with E-state index in [1.165, 1.54) is 38.5 Å². The molecule has 214 valence electrons. The van der Waals surface area contributed by atoms with Gasteiger partial charge in [-0.2, -0.15) is 0 Å². The van der Waals surface area contributed by atoms with E-state index in [9.17, 15) is 9.90 Å². The molecule has 0 amide bonds. The van der Waals surface area contributed by atoms with Crippen LogP contribution in [0, 0.1) is 46.3 Å². The summed E-state index contributed by atoms with van der Waals surface area (Å²) in [5.74, 6) is 3.21. The van der Waals surface area contributed by atoms with E-state index in [2.05, 4.69) is 20.8 Å². The Labute approximate surface area is 224 Å². The van der Waals surface area contributed by atoms with E-state index in [4.69, 9.17) is 24.1 Å². The van der Waals surface area contributed by atoms with Crippen LogP contribution in [0.2, 0.25) is 0 Å². The number of carbonyl (C=O) groups is 1. The van der Waals surface area contributed by atoms with Crippen LogP contribution in [0.3, 0.4) is 0 Å². The van der Waals surface area contributed by atoms with Crippen LogP contribution in [0.5, 0.6) is 0 Å². The zero-order chi connectivity index (χ0) is 26.5. The lowest BCUT2D eigenvalue weighted by Gasteiger charge is -2.61. The summed E-state index contributed by atoms with van der Waals surface area (Å²) >= 11 is 0. The van der Waals surface area contributed by atoms with Crippen LogP contribution >= 0.6 is 0 Å². The highest BCUT2D eigenvalue weighted by atomic mass is 16.6. The van der Waals surface area contributed by atoms with E-state index in [0.717, 1.165) is 31.1 Å². The summed E-state index contributed by atoms with van der Waals surface area (Å²) in [7, 11) is 0. The van der Waals surface area contributed by atoms with Crippen LogP contribution in [-0.4, -0.2) is 75.1 Å². The molecule has 0 aliphatic heterocycles. The fraction of sp³-hybridized carbons (Fsp3) is 0.967. The minimum absolute atomic E-state index is 0.0221. The number of aliphatic hydroxyl groups excluding tert-OH is 2. The SMILES string of the molecule is C[C@H](C(=O)OCCOCCOCCOCCO)[C@H]1CC[C@H]2[C@@H]3CC[C@H]4C[C@@H](O)CC[C@]4(C)[C@H]3CC[C@]12C. The largest absolute Gasteiger partial charge is 0.463 e. The Kier molecular flexibility index (Phi) is 10.3. The summed E-state index contributed by atoms with van der Waals surface area (Å²) in [6.45, 7) is 9.98.